The second kappa shape index (κ2) is 8.59. The van der Waals surface area contributed by atoms with Gasteiger partial charge in [0.15, 0.2) is 11.5 Å². The number of rotatable bonds is 5. The van der Waals surface area contributed by atoms with E-state index in [9.17, 15) is 4.79 Å². The lowest BCUT2D eigenvalue weighted by atomic mass is 9.99. The molecule has 1 unspecified atom stereocenters. The van der Waals surface area contributed by atoms with Gasteiger partial charge in [0.25, 0.3) is 5.91 Å². The Labute approximate surface area is 166 Å². The Hall–Kier alpha value is -2.63. The van der Waals surface area contributed by atoms with E-state index in [1.807, 2.05) is 11.0 Å². The molecular formula is C22H29N5O. The van der Waals surface area contributed by atoms with E-state index >= 15 is 0 Å². The Morgan fingerprint density at radius 1 is 1.00 bits per heavy atom. The van der Waals surface area contributed by atoms with Gasteiger partial charge >= 0.3 is 0 Å². The third-order valence-electron chi connectivity index (χ3n) is 5.85. The van der Waals surface area contributed by atoms with Gasteiger partial charge in [0.1, 0.15) is 0 Å². The van der Waals surface area contributed by atoms with Crippen LogP contribution in [0.1, 0.15) is 55.9 Å². The molecular weight excluding hydrogens is 350 g/mol. The lowest BCUT2D eigenvalue weighted by Crippen LogP contribution is -2.43. The summed E-state index contributed by atoms with van der Waals surface area (Å²) in [6.45, 7) is 5.25. The van der Waals surface area contributed by atoms with Crippen LogP contribution < -0.4 is 10.2 Å². The minimum atomic E-state index is 0.000524. The molecule has 0 bridgehead atoms. The summed E-state index contributed by atoms with van der Waals surface area (Å²) in [5, 5.41) is 11.7. The fourth-order valence-corrected chi connectivity index (χ4v) is 4.23. The maximum Gasteiger partial charge on any atom is 0.274 e. The van der Waals surface area contributed by atoms with E-state index in [2.05, 4.69) is 51.6 Å². The predicted octanol–water partition coefficient (Wildman–Crippen LogP) is 4.23. The molecule has 3 heterocycles. The summed E-state index contributed by atoms with van der Waals surface area (Å²) in [6, 6.07) is 12.3. The second-order valence-electron chi connectivity index (χ2n) is 7.73. The Bertz CT molecular complexity index is 784. The molecule has 148 valence electrons. The van der Waals surface area contributed by atoms with Crippen LogP contribution in [0.15, 0.2) is 36.4 Å². The number of likely N-dealkylation sites (tertiary alicyclic amines) is 1. The number of amides is 1. The highest BCUT2D eigenvalue weighted by Crippen LogP contribution is 2.24. The number of hydrogen-bond donors (Lipinski definition) is 1. The molecule has 1 aromatic carbocycles. The van der Waals surface area contributed by atoms with E-state index < -0.39 is 0 Å². The molecule has 2 aromatic rings. The first-order valence-corrected chi connectivity index (χ1v) is 10.5. The van der Waals surface area contributed by atoms with Gasteiger partial charge in [-0.25, -0.2) is 0 Å². The highest BCUT2D eigenvalue weighted by atomic mass is 16.2. The first-order valence-electron chi connectivity index (χ1n) is 10.5. The average molecular weight is 380 g/mol. The third kappa shape index (κ3) is 4.11. The fraction of sp³-hybridized carbons (Fsp3) is 0.500. The molecule has 1 atom stereocenters. The molecule has 1 aromatic heterocycles. The van der Waals surface area contributed by atoms with Crippen molar-refractivity contribution in [2.24, 2.45) is 0 Å². The zero-order valence-electron chi connectivity index (χ0n) is 16.6. The normalized spacial score (nSPS) is 19.7. The van der Waals surface area contributed by atoms with Crippen molar-refractivity contribution in [1.82, 2.24) is 15.1 Å². The van der Waals surface area contributed by atoms with Crippen LogP contribution in [0, 0.1) is 0 Å². The minimum absolute atomic E-state index is 0.000524. The fourth-order valence-electron chi connectivity index (χ4n) is 4.23. The van der Waals surface area contributed by atoms with Gasteiger partial charge in [0.2, 0.25) is 0 Å². The Balaban J connectivity index is 1.39. The van der Waals surface area contributed by atoms with Gasteiger partial charge in [0.05, 0.1) is 0 Å². The molecule has 0 aliphatic carbocycles. The van der Waals surface area contributed by atoms with Crippen LogP contribution in [0.2, 0.25) is 0 Å². The summed E-state index contributed by atoms with van der Waals surface area (Å²) < 4.78 is 0. The van der Waals surface area contributed by atoms with E-state index in [1.165, 1.54) is 24.9 Å². The molecule has 6 nitrogen and oxygen atoms in total. The first-order chi connectivity index (χ1) is 13.7. The monoisotopic (exact) mass is 379 g/mol. The van der Waals surface area contributed by atoms with Crippen molar-refractivity contribution in [3.8, 4) is 0 Å². The number of nitrogens with zero attached hydrogens (tertiary/aromatic N) is 4. The summed E-state index contributed by atoms with van der Waals surface area (Å²) in [5.41, 5.74) is 2.66. The smallest absolute Gasteiger partial charge is 0.274 e. The Morgan fingerprint density at radius 2 is 1.75 bits per heavy atom. The topological polar surface area (TPSA) is 61.4 Å². The summed E-state index contributed by atoms with van der Waals surface area (Å²) in [5.74, 6) is 0.650. The average Bonchev–Trinajstić information content (AvgIpc) is 3.29. The van der Waals surface area contributed by atoms with Crippen LogP contribution in [-0.4, -0.2) is 46.7 Å². The standard InChI is InChI=1S/C22H29N5O/c1-2-18-7-3-4-16-27(18)22(28)20-12-13-21(25-24-20)23-17-8-10-19(11-9-17)26-14-5-6-15-26/h8-13,18H,2-7,14-16H2,1H3,(H,23,25). The zero-order chi connectivity index (χ0) is 19.3. The van der Waals surface area contributed by atoms with Crippen molar-refractivity contribution in [2.75, 3.05) is 29.9 Å². The van der Waals surface area contributed by atoms with E-state index in [4.69, 9.17) is 0 Å². The number of benzene rings is 1. The maximum absolute atomic E-state index is 12.8. The van der Waals surface area contributed by atoms with Crippen molar-refractivity contribution in [3.05, 3.63) is 42.1 Å². The van der Waals surface area contributed by atoms with Crippen molar-refractivity contribution < 1.29 is 4.79 Å². The molecule has 6 heteroatoms. The number of nitrogens with one attached hydrogen (secondary N) is 1. The molecule has 2 aliphatic heterocycles. The highest BCUT2D eigenvalue weighted by Gasteiger charge is 2.27. The van der Waals surface area contributed by atoms with Crippen LogP contribution >= 0.6 is 0 Å². The quantitative estimate of drug-likeness (QED) is 0.843. The van der Waals surface area contributed by atoms with Crippen molar-refractivity contribution >= 4 is 23.1 Å². The number of hydrogen-bond acceptors (Lipinski definition) is 5. The summed E-state index contributed by atoms with van der Waals surface area (Å²) in [4.78, 5) is 17.2. The largest absolute Gasteiger partial charge is 0.372 e. The minimum Gasteiger partial charge on any atom is -0.372 e. The lowest BCUT2D eigenvalue weighted by Gasteiger charge is -2.34. The Morgan fingerprint density at radius 3 is 2.43 bits per heavy atom. The van der Waals surface area contributed by atoms with Crippen molar-refractivity contribution in [2.45, 2.75) is 51.5 Å². The predicted molar refractivity (Wildman–Crippen MR) is 112 cm³/mol. The van der Waals surface area contributed by atoms with Gasteiger partial charge in [0, 0.05) is 37.1 Å². The van der Waals surface area contributed by atoms with Crippen LogP contribution in [0.3, 0.4) is 0 Å². The van der Waals surface area contributed by atoms with E-state index in [1.54, 1.807) is 6.07 Å². The summed E-state index contributed by atoms with van der Waals surface area (Å²) in [7, 11) is 0. The van der Waals surface area contributed by atoms with Gasteiger partial charge in [-0.3, -0.25) is 4.79 Å². The molecule has 2 fully saturated rings. The molecule has 4 rings (SSSR count). The molecule has 1 N–H and O–H groups in total. The van der Waals surface area contributed by atoms with Crippen molar-refractivity contribution in [3.63, 3.8) is 0 Å². The van der Waals surface area contributed by atoms with Gasteiger partial charge in [-0.05, 0) is 74.9 Å². The molecule has 0 spiro atoms. The molecule has 0 saturated carbocycles. The van der Waals surface area contributed by atoms with Gasteiger partial charge < -0.3 is 15.1 Å². The van der Waals surface area contributed by atoms with Gasteiger partial charge in [-0.2, -0.15) is 0 Å². The SMILES string of the molecule is CCC1CCCCN1C(=O)c1ccc(Nc2ccc(N3CCCC3)cc2)nn1. The van der Waals surface area contributed by atoms with Gasteiger partial charge in [-0.15, -0.1) is 10.2 Å². The number of anilines is 3. The number of carbonyl (C=O) groups excluding carboxylic acids is 1. The van der Waals surface area contributed by atoms with Crippen LogP contribution in [-0.2, 0) is 0 Å². The second-order valence-corrected chi connectivity index (χ2v) is 7.73. The molecule has 28 heavy (non-hydrogen) atoms. The number of aromatic nitrogens is 2. The summed E-state index contributed by atoms with van der Waals surface area (Å²) in [6.07, 6.45) is 6.90. The first kappa shape index (κ1) is 18.7. The van der Waals surface area contributed by atoms with Crippen LogP contribution in [0.5, 0.6) is 0 Å². The molecule has 2 saturated heterocycles. The molecule has 0 radical (unpaired) electrons. The van der Waals surface area contributed by atoms with Gasteiger partial charge in [-0.1, -0.05) is 6.92 Å². The number of carbonyl (C=O) groups is 1. The van der Waals surface area contributed by atoms with Crippen molar-refractivity contribution in [1.29, 1.82) is 0 Å². The van der Waals surface area contributed by atoms with E-state index in [-0.39, 0.29) is 5.91 Å². The van der Waals surface area contributed by atoms with Crippen LogP contribution in [0.25, 0.3) is 0 Å². The Kier molecular flexibility index (Phi) is 5.74. The molecule has 1 amide bonds. The number of piperidine rings is 1. The zero-order valence-corrected chi connectivity index (χ0v) is 16.6. The highest BCUT2D eigenvalue weighted by molar-refractivity contribution is 5.92. The van der Waals surface area contributed by atoms with E-state index in [0.29, 0.717) is 17.6 Å². The third-order valence-corrected chi connectivity index (χ3v) is 5.85. The maximum atomic E-state index is 12.8. The molecule has 2 aliphatic rings. The van der Waals surface area contributed by atoms with Crippen LogP contribution in [0.4, 0.5) is 17.2 Å². The lowest BCUT2D eigenvalue weighted by molar-refractivity contribution is 0.0601. The summed E-state index contributed by atoms with van der Waals surface area (Å²) >= 11 is 0. The van der Waals surface area contributed by atoms with E-state index in [0.717, 1.165) is 44.6 Å².